The SMILES string of the molecule is CCC(CC)(CC(=O)Nc1cccc(C#Cc2nc(C(C)C)cs2)c1)C(=O)O. The zero-order valence-corrected chi connectivity index (χ0v) is 17.5. The highest BCUT2D eigenvalue weighted by molar-refractivity contribution is 7.10. The number of carbonyl (C=O) groups is 2. The van der Waals surface area contributed by atoms with Crippen LogP contribution in [-0.4, -0.2) is 22.0 Å². The quantitative estimate of drug-likeness (QED) is 0.651. The number of aliphatic carboxylic acids is 1. The average Bonchev–Trinajstić information content (AvgIpc) is 3.14. The van der Waals surface area contributed by atoms with Gasteiger partial charge in [0.25, 0.3) is 0 Å². The van der Waals surface area contributed by atoms with E-state index >= 15 is 0 Å². The molecule has 0 fully saturated rings. The van der Waals surface area contributed by atoms with Gasteiger partial charge in [-0.05, 0) is 42.9 Å². The Kier molecular flexibility index (Phi) is 7.36. The second-order valence-electron chi connectivity index (χ2n) is 7.08. The standard InChI is InChI=1S/C22H26N2O3S/c1-5-22(6-2,21(26)27)13-19(25)23-17-9-7-8-16(12-17)10-11-20-24-18(14-28-20)15(3)4/h7-9,12,14-15H,5-6,13H2,1-4H3,(H,23,25)(H,26,27). The zero-order chi connectivity index (χ0) is 20.7. The van der Waals surface area contributed by atoms with Crippen molar-refractivity contribution in [1.82, 2.24) is 4.98 Å². The van der Waals surface area contributed by atoms with Crippen LogP contribution in [0.1, 0.15) is 69.1 Å². The maximum absolute atomic E-state index is 12.4. The van der Waals surface area contributed by atoms with Crippen LogP contribution in [0.15, 0.2) is 29.6 Å². The summed E-state index contributed by atoms with van der Waals surface area (Å²) in [6.45, 7) is 7.78. The molecule has 2 N–H and O–H groups in total. The second-order valence-corrected chi connectivity index (χ2v) is 7.94. The minimum absolute atomic E-state index is 0.0532. The molecule has 1 aromatic heterocycles. The topological polar surface area (TPSA) is 79.3 Å². The number of thiazole rings is 1. The van der Waals surface area contributed by atoms with Crippen molar-refractivity contribution in [2.45, 2.75) is 52.9 Å². The molecule has 1 amide bonds. The van der Waals surface area contributed by atoms with Gasteiger partial charge in [-0.3, -0.25) is 9.59 Å². The molecular weight excluding hydrogens is 372 g/mol. The monoisotopic (exact) mass is 398 g/mol. The van der Waals surface area contributed by atoms with Crippen LogP contribution in [-0.2, 0) is 9.59 Å². The highest BCUT2D eigenvalue weighted by Gasteiger charge is 2.37. The summed E-state index contributed by atoms with van der Waals surface area (Å²) in [5, 5.41) is 15.1. The van der Waals surface area contributed by atoms with E-state index in [0.29, 0.717) is 24.4 Å². The molecule has 0 aliphatic carbocycles. The van der Waals surface area contributed by atoms with E-state index in [-0.39, 0.29) is 12.3 Å². The van der Waals surface area contributed by atoms with E-state index in [9.17, 15) is 14.7 Å². The molecule has 6 heteroatoms. The van der Waals surface area contributed by atoms with Crippen molar-refractivity contribution in [1.29, 1.82) is 0 Å². The second kappa shape index (κ2) is 9.52. The number of aromatic nitrogens is 1. The van der Waals surface area contributed by atoms with Gasteiger partial charge >= 0.3 is 5.97 Å². The maximum atomic E-state index is 12.4. The lowest BCUT2D eigenvalue weighted by Gasteiger charge is -2.25. The number of amides is 1. The van der Waals surface area contributed by atoms with Crippen LogP contribution in [0.3, 0.4) is 0 Å². The summed E-state index contributed by atoms with van der Waals surface area (Å²) >= 11 is 1.52. The molecule has 0 saturated heterocycles. The number of carboxylic acid groups (broad SMARTS) is 1. The molecule has 2 aromatic rings. The first-order valence-corrected chi connectivity index (χ1v) is 10.3. The molecule has 0 saturated carbocycles. The molecule has 0 unspecified atom stereocenters. The van der Waals surface area contributed by atoms with Crippen molar-refractivity contribution in [3.63, 3.8) is 0 Å². The average molecular weight is 399 g/mol. The van der Waals surface area contributed by atoms with Crippen LogP contribution in [0.2, 0.25) is 0 Å². The molecule has 0 aliphatic heterocycles. The number of rotatable bonds is 7. The molecule has 0 radical (unpaired) electrons. The lowest BCUT2D eigenvalue weighted by molar-refractivity contribution is -0.151. The molecular formula is C22H26N2O3S. The summed E-state index contributed by atoms with van der Waals surface area (Å²) in [7, 11) is 0. The molecule has 5 nitrogen and oxygen atoms in total. The maximum Gasteiger partial charge on any atom is 0.310 e. The normalized spacial score (nSPS) is 11.0. The fraction of sp³-hybridized carbons (Fsp3) is 0.409. The van der Waals surface area contributed by atoms with Crippen molar-refractivity contribution in [3.05, 3.63) is 45.9 Å². The predicted molar refractivity (Wildman–Crippen MR) is 113 cm³/mol. The van der Waals surface area contributed by atoms with Gasteiger partial charge in [0, 0.05) is 23.1 Å². The van der Waals surface area contributed by atoms with Gasteiger partial charge in [0.2, 0.25) is 5.91 Å². The third-order valence-electron chi connectivity index (χ3n) is 4.88. The minimum Gasteiger partial charge on any atom is -0.481 e. The summed E-state index contributed by atoms with van der Waals surface area (Å²) < 4.78 is 0. The molecule has 2 rings (SSSR count). The minimum atomic E-state index is -1.03. The van der Waals surface area contributed by atoms with Gasteiger partial charge in [-0.1, -0.05) is 39.7 Å². The summed E-state index contributed by atoms with van der Waals surface area (Å²) in [5.74, 6) is 5.25. The molecule has 1 heterocycles. The number of nitrogens with zero attached hydrogens (tertiary/aromatic N) is 1. The number of benzene rings is 1. The van der Waals surface area contributed by atoms with Crippen molar-refractivity contribution < 1.29 is 14.7 Å². The van der Waals surface area contributed by atoms with Crippen LogP contribution in [0, 0.1) is 17.3 Å². The lowest BCUT2D eigenvalue weighted by atomic mass is 9.79. The fourth-order valence-electron chi connectivity index (χ4n) is 2.80. The molecule has 0 aliphatic rings. The van der Waals surface area contributed by atoms with Crippen molar-refractivity contribution >= 4 is 28.9 Å². The Balaban J connectivity index is 2.10. The Hall–Kier alpha value is -2.65. The Labute approximate surface area is 170 Å². The van der Waals surface area contributed by atoms with Crippen molar-refractivity contribution in [3.8, 4) is 11.8 Å². The van der Waals surface area contributed by atoms with Crippen molar-refractivity contribution in [2.24, 2.45) is 5.41 Å². The van der Waals surface area contributed by atoms with E-state index in [1.165, 1.54) is 11.3 Å². The summed E-state index contributed by atoms with van der Waals surface area (Å²) in [5.41, 5.74) is 1.37. The number of carbonyl (C=O) groups excluding carboxylic acids is 1. The molecule has 1 aromatic carbocycles. The number of nitrogens with one attached hydrogen (secondary N) is 1. The first-order chi connectivity index (χ1) is 13.3. The fourth-order valence-corrected chi connectivity index (χ4v) is 3.62. The lowest BCUT2D eigenvalue weighted by Crippen LogP contribution is -2.34. The summed E-state index contributed by atoms with van der Waals surface area (Å²) in [6.07, 6.45) is 0.760. The van der Waals surface area contributed by atoms with E-state index in [4.69, 9.17) is 0 Å². The van der Waals surface area contributed by atoms with Gasteiger partial charge in [0.1, 0.15) is 0 Å². The highest BCUT2D eigenvalue weighted by Crippen LogP contribution is 2.31. The predicted octanol–water partition coefficient (Wildman–Crippen LogP) is 4.89. The van der Waals surface area contributed by atoms with Crippen LogP contribution >= 0.6 is 11.3 Å². The number of hydrogen-bond donors (Lipinski definition) is 2. The Morgan fingerprint density at radius 3 is 2.54 bits per heavy atom. The Bertz CT molecular complexity index is 902. The molecule has 148 valence electrons. The van der Waals surface area contributed by atoms with Crippen LogP contribution in [0.4, 0.5) is 5.69 Å². The van der Waals surface area contributed by atoms with E-state index in [2.05, 4.69) is 36.0 Å². The smallest absolute Gasteiger partial charge is 0.310 e. The number of anilines is 1. The van der Waals surface area contributed by atoms with E-state index in [1.807, 2.05) is 17.5 Å². The first-order valence-electron chi connectivity index (χ1n) is 9.40. The zero-order valence-electron chi connectivity index (χ0n) is 16.7. The van der Waals surface area contributed by atoms with E-state index < -0.39 is 11.4 Å². The first kappa shape index (κ1) is 21.6. The largest absolute Gasteiger partial charge is 0.481 e. The Morgan fingerprint density at radius 1 is 1.25 bits per heavy atom. The highest BCUT2D eigenvalue weighted by atomic mass is 32.1. The third kappa shape index (κ3) is 5.43. The van der Waals surface area contributed by atoms with Gasteiger partial charge in [0.05, 0.1) is 11.1 Å². The van der Waals surface area contributed by atoms with Gasteiger partial charge in [-0.25, -0.2) is 4.98 Å². The summed E-state index contributed by atoms with van der Waals surface area (Å²) in [6, 6.07) is 7.22. The van der Waals surface area contributed by atoms with Crippen LogP contribution < -0.4 is 5.32 Å². The van der Waals surface area contributed by atoms with E-state index in [0.717, 1.165) is 16.3 Å². The molecule has 0 atom stereocenters. The van der Waals surface area contributed by atoms with Gasteiger partial charge in [-0.15, -0.1) is 11.3 Å². The number of carboxylic acids is 1. The van der Waals surface area contributed by atoms with Crippen LogP contribution in [0.5, 0.6) is 0 Å². The van der Waals surface area contributed by atoms with E-state index in [1.54, 1.807) is 26.0 Å². The molecule has 28 heavy (non-hydrogen) atoms. The molecule has 0 bridgehead atoms. The summed E-state index contributed by atoms with van der Waals surface area (Å²) in [4.78, 5) is 28.5. The van der Waals surface area contributed by atoms with Gasteiger partial charge in [-0.2, -0.15) is 0 Å². The van der Waals surface area contributed by atoms with Gasteiger partial charge < -0.3 is 10.4 Å². The molecule has 0 spiro atoms. The Morgan fingerprint density at radius 2 is 1.96 bits per heavy atom. The number of hydrogen-bond acceptors (Lipinski definition) is 4. The third-order valence-corrected chi connectivity index (χ3v) is 5.66. The van der Waals surface area contributed by atoms with Crippen LogP contribution in [0.25, 0.3) is 0 Å². The van der Waals surface area contributed by atoms with Crippen molar-refractivity contribution in [2.75, 3.05) is 5.32 Å². The van der Waals surface area contributed by atoms with Gasteiger partial charge in [0.15, 0.2) is 5.01 Å².